The van der Waals surface area contributed by atoms with Crippen LogP contribution in [-0.2, 0) is 0 Å². The lowest BCUT2D eigenvalue weighted by atomic mass is 10.2. The van der Waals surface area contributed by atoms with Crippen molar-refractivity contribution in [3.63, 3.8) is 0 Å². The maximum absolute atomic E-state index is 11.9. The SMILES string of the molecule is CC(NC(=O)c1nc(C(=O)O)cs1)c1ccccn1. The van der Waals surface area contributed by atoms with Crippen molar-refractivity contribution in [1.29, 1.82) is 0 Å². The van der Waals surface area contributed by atoms with E-state index in [1.807, 2.05) is 6.07 Å². The van der Waals surface area contributed by atoms with Gasteiger partial charge < -0.3 is 10.4 Å². The van der Waals surface area contributed by atoms with Crippen molar-refractivity contribution in [1.82, 2.24) is 15.3 Å². The van der Waals surface area contributed by atoms with Gasteiger partial charge in [-0.05, 0) is 19.1 Å². The number of carbonyl (C=O) groups is 2. The van der Waals surface area contributed by atoms with Crippen molar-refractivity contribution in [2.75, 3.05) is 0 Å². The summed E-state index contributed by atoms with van der Waals surface area (Å²) in [6.45, 7) is 1.80. The van der Waals surface area contributed by atoms with Crippen LogP contribution < -0.4 is 5.32 Å². The Hall–Kier alpha value is -2.28. The lowest BCUT2D eigenvalue weighted by molar-refractivity contribution is 0.0691. The molecule has 6 nitrogen and oxygen atoms in total. The van der Waals surface area contributed by atoms with Gasteiger partial charge in [0.2, 0.25) is 0 Å². The van der Waals surface area contributed by atoms with Crippen molar-refractivity contribution in [3.05, 3.63) is 46.2 Å². The summed E-state index contributed by atoms with van der Waals surface area (Å²) in [4.78, 5) is 30.4. The first-order valence-electron chi connectivity index (χ1n) is 5.48. The number of nitrogens with zero attached hydrogens (tertiary/aromatic N) is 2. The second-order valence-corrected chi connectivity index (χ2v) is 4.65. The third-order valence-corrected chi connectivity index (χ3v) is 3.24. The number of carbonyl (C=O) groups excluding carboxylic acids is 1. The summed E-state index contributed by atoms with van der Waals surface area (Å²) in [5.41, 5.74) is 0.603. The van der Waals surface area contributed by atoms with E-state index in [-0.39, 0.29) is 16.7 Å². The Morgan fingerprint density at radius 1 is 1.42 bits per heavy atom. The van der Waals surface area contributed by atoms with E-state index in [9.17, 15) is 9.59 Å². The third-order valence-electron chi connectivity index (χ3n) is 2.40. The van der Waals surface area contributed by atoms with Gasteiger partial charge in [0.15, 0.2) is 10.7 Å². The zero-order valence-corrected chi connectivity index (χ0v) is 10.8. The summed E-state index contributed by atoms with van der Waals surface area (Å²) >= 11 is 0.999. The van der Waals surface area contributed by atoms with Gasteiger partial charge in [-0.15, -0.1) is 11.3 Å². The Balaban J connectivity index is 2.06. The molecule has 2 rings (SSSR count). The molecule has 0 bridgehead atoms. The summed E-state index contributed by atoms with van der Waals surface area (Å²) in [6, 6.07) is 5.15. The van der Waals surface area contributed by atoms with Gasteiger partial charge in [-0.1, -0.05) is 6.07 Å². The number of hydrogen-bond acceptors (Lipinski definition) is 5. The van der Waals surface area contributed by atoms with Crippen molar-refractivity contribution < 1.29 is 14.7 Å². The van der Waals surface area contributed by atoms with E-state index in [2.05, 4.69) is 15.3 Å². The van der Waals surface area contributed by atoms with Crippen molar-refractivity contribution in [2.24, 2.45) is 0 Å². The molecule has 0 radical (unpaired) electrons. The number of rotatable bonds is 4. The molecule has 1 unspecified atom stereocenters. The maximum atomic E-state index is 11.9. The van der Waals surface area contributed by atoms with E-state index in [0.29, 0.717) is 0 Å². The molecule has 7 heteroatoms. The van der Waals surface area contributed by atoms with Crippen LogP contribution in [0.4, 0.5) is 0 Å². The van der Waals surface area contributed by atoms with E-state index in [1.165, 1.54) is 5.38 Å². The fraction of sp³-hybridized carbons (Fsp3) is 0.167. The highest BCUT2D eigenvalue weighted by molar-refractivity contribution is 7.11. The van der Waals surface area contributed by atoms with Crippen LogP contribution in [0.5, 0.6) is 0 Å². The predicted molar refractivity (Wildman–Crippen MR) is 69.2 cm³/mol. The minimum absolute atomic E-state index is 0.124. The van der Waals surface area contributed by atoms with Gasteiger partial charge in [-0.2, -0.15) is 0 Å². The number of aromatic nitrogens is 2. The molecular formula is C12H11N3O3S. The van der Waals surface area contributed by atoms with Gasteiger partial charge in [0.1, 0.15) is 0 Å². The summed E-state index contributed by atoms with van der Waals surface area (Å²) in [5.74, 6) is -1.55. The summed E-state index contributed by atoms with van der Waals surface area (Å²) in [5, 5.41) is 12.9. The molecule has 0 aromatic carbocycles. The molecular weight excluding hydrogens is 266 g/mol. The van der Waals surface area contributed by atoms with Crippen LogP contribution in [0.3, 0.4) is 0 Å². The second-order valence-electron chi connectivity index (χ2n) is 3.79. The zero-order valence-electron chi connectivity index (χ0n) is 10.0. The van der Waals surface area contributed by atoms with Crippen LogP contribution in [0, 0.1) is 0 Å². The molecule has 0 aliphatic rings. The number of pyridine rings is 1. The molecule has 2 N–H and O–H groups in total. The Kier molecular flexibility index (Phi) is 3.86. The summed E-state index contributed by atoms with van der Waals surface area (Å²) in [7, 11) is 0. The molecule has 19 heavy (non-hydrogen) atoms. The first-order chi connectivity index (χ1) is 9.08. The van der Waals surface area contributed by atoms with Gasteiger partial charge in [0, 0.05) is 11.6 Å². The highest BCUT2D eigenvalue weighted by Gasteiger charge is 2.17. The molecule has 1 atom stereocenters. The standard InChI is InChI=1S/C12H11N3O3S/c1-7(8-4-2-3-5-13-8)14-10(16)11-15-9(6-19-11)12(17)18/h2-7H,1H3,(H,14,16)(H,17,18). The monoisotopic (exact) mass is 277 g/mol. The van der Waals surface area contributed by atoms with Crippen LogP contribution in [-0.4, -0.2) is 27.0 Å². The molecule has 0 saturated carbocycles. The average Bonchev–Trinajstić information content (AvgIpc) is 2.89. The quantitative estimate of drug-likeness (QED) is 0.887. The molecule has 0 aliphatic carbocycles. The first-order valence-corrected chi connectivity index (χ1v) is 6.36. The maximum Gasteiger partial charge on any atom is 0.355 e. The number of aromatic carboxylic acids is 1. The molecule has 2 heterocycles. The number of nitrogens with one attached hydrogen (secondary N) is 1. The van der Waals surface area contributed by atoms with Gasteiger partial charge in [0.25, 0.3) is 5.91 Å². The van der Waals surface area contributed by atoms with Crippen LogP contribution in [0.1, 0.15) is 39.0 Å². The molecule has 1 amide bonds. The Labute approximate surface area is 113 Å². The molecule has 98 valence electrons. The van der Waals surface area contributed by atoms with E-state index in [4.69, 9.17) is 5.11 Å². The Bertz CT molecular complexity index is 597. The van der Waals surface area contributed by atoms with E-state index >= 15 is 0 Å². The first kappa shape index (κ1) is 13.2. The normalized spacial score (nSPS) is 11.8. The molecule has 0 fully saturated rings. The van der Waals surface area contributed by atoms with Crippen molar-refractivity contribution >= 4 is 23.2 Å². The number of amides is 1. The fourth-order valence-electron chi connectivity index (χ4n) is 1.44. The van der Waals surface area contributed by atoms with Crippen LogP contribution >= 0.6 is 11.3 Å². The molecule has 0 aliphatic heterocycles. The smallest absolute Gasteiger partial charge is 0.355 e. The van der Waals surface area contributed by atoms with Crippen LogP contribution in [0.25, 0.3) is 0 Å². The highest BCUT2D eigenvalue weighted by atomic mass is 32.1. The molecule has 2 aromatic rings. The number of carboxylic acids is 1. The minimum Gasteiger partial charge on any atom is -0.476 e. The molecule has 0 saturated heterocycles. The van der Waals surface area contributed by atoms with E-state index in [0.717, 1.165) is 17.0 Å². The van der Waals surface area contributed by atoms with Gasteiger partial charge >= 0.3 is 5.97 Å². The highest BCUT2D eigenvalue weighted by Crippen LogP contribution is 2.13. The number of thiazole rings is 1. The predicted octanol–water partition coefficient (Wildman–Crippen LogP) is 1.73. The van der Waals surface area contributed by atoms with E-state index in [1.54, 1.807) is 25.3 Å². The van der Waals surface area contributed by atoms with Crippen LogP contribution in [0.2, 0.25) is 0 Å². The van der Waals surface area contributed by atoms with E-state index < -0.39 is 11.9 Å². The molecule has 2 aromatic heterocycles. The third kappa shape index (κ3) is 3.14. The largest absolute Gasteiger partial charge is 0.476 e. The average molecular weight is 277 g/mol. The van der Waals surface area contributed by atoms with Crippen molar-refractivity contribution in [3.8, 4) is 0 Å². The summed E-state index contributed by atoms with van der Waals surface area (Å²) in [6.07, 6.45) is 1.64. The van der Waals surface area contributed by atoms with Crippen molar-refractivity contribution in [2.45, 2.75) is 13.0 Å². The Morgan fingerprint density at radius 2 is 2.21 bits per heavy atom. The second kappa shape index (κ2) is 5.57. The fourth-order valence-corrected chi connectivity index (χ4v) is 2.13. The summed E-state index contributed by atoms with van der Waals surface area (Å²) < 4.78 is 0. The number of hydrogen-bond donors (Lipinski definition) is 2. The van der Waals surface area contributed by atoms with Gasteiger partial charge in [-0.25, -0.2) is 9.78 Å². The lowest BCUT2D eigenvalue weighted by Crippen LogP contribution is -2.27. The zero-order chi connectivity index (χ0) is 13.8. The van der Waals surface area contributed by atoms with Crippen LogP contribution in [0.15, 0.2) is 29.8 Å². The topological polar surface area (TPSA) is 92.2 Å². The molecule has 0 spiro atoms. The Morgan fingerprint density at radius 3 is 2.79 bits per heavy atom. The lowest BCUT2D eigenvalue weighted by Gasteiger charge is -2.11. The van der Waals surface area contributed by atoms with Gasteiger partial charge in [0.05, 0.1) is 11.7 Å². The number of carboxylic acid groups (broad SMARTS) is 1. The van der Waals surface area contributed by atoms with Gasteiger partial charge in [-0.3, -0.25) is 9.78 Å². The minimum atomic E-state index is -1.15.